The Bertz CT molecular complexity index is 361. The van der Waals surface area contributed by atoms with Crippen LogP contribution in [0.5, 0.6) is 0 Å². The van der Waals surface area contributed by atoms with E-state index in [1.165, 1.54) is 12.0 Å². The van der Waals surface area contributed by atoms with Crippen molar-refractivity contribution in [3.63, 3.8) is 0 Å². The maximum absolute atomic E-state index is 13.6. The fourth-order valence-corrected chi connectivity index (χ4v) is 2.57. The molecule has 0 aliphatic carbocycles. The van der Waals surface area contributed by atoms with Crippen LogP contribution < -0.4 is 5.32 Å². The van der Waals surface area contributed by atoms with Crippen molar-refractivity contribution >= 4 is 0 Å². The van der Waals surface area contributed by atoms with E-state index in [-0.39, 0.29) is 0 Å². The van der Waals surface area contributed by atoms with Gasteiger partial charge in [-0.3, -0.25) is 0 Å². The Morgan fingerprint density at radius 2 is 2.12 bits per heavy atom. The highest BCUT2D eigenvalue weighted by molar-refractivity contribution is 5.25. The van der Waals surface area contributed by atoms with E-state index in [4.69, 9.17) is 0 Å². The SMILES string of the molecule is CC(C)(F)Cc1cccc(CC2CCNC2)c1. The molecule has 1 nitrogen and oxygen atoms in total. The van der Waals surface area contributed by atoms with Gasteiger partial charge < -0.3 is 5.32 Å². The third kappa shape index (κ3) is 4.12. The first kappa shape index (κ1) is 12.6. The van der Waals surface area contributed by atoms with Crippen LogP contribution in [0.15, 0.2) is 24.3 Å². The number of hydrogen-bond acceptors (Lipinski definition) is 1. The van der Waals surface area contributed by atoms with Crippen LogP contribution in [0.2, 0.25) is 0 Å². The van der Waals surface area contributed by atoms with E-state index in [1.54, 1.807) is 13.8 Å². The Hall–Kier alpha value is -0.890. The molecule has 94 valence electrons. The van der Waals surface area contributed by atoms with Crippen LogP contribution in [-0.4, -0.2) is 18.8 Å². The molecular formula is C15H22FN. The highest BCUT2D eigenvalue weighted by Crippen LogP contribution is 2.20. The molecule has 2 heteroatoms. The Kier molecular flexibility index (Phi) is 3.82. The molecule has 1 aliphatic heterocycles. The van der Waals surface area contributed by atoms with Crippen molar-refractivity contribution in [1.82, 2.24) is 5.32 Å². The summed E-state index contributed by atoms with van der Waals surface area (Å²) in [5.41, 5.74) is 1.34. The summed E-state index contributed by atoms with van der Waals surface area (Å²) >= 11 is 0. The minimum absolute atomic E-state index is 0.504. The number of nitrogens with one attached hydrogen (secondary N) is 1. The molecule has 1 heterocycles. The standard InChI is InChI=1S/C15H22FN/c1-15(2,16)10-13-5-3-4-12(8-13)9-14-6-7-17-11-14/h3-5,8,14,17H,6-7,9-11H2,1-2H3. The third-order valence-corrected chi connectivity index (χ3v) is 3.30. The highest BCUT2D eigenvalue weighted by Gasteiger charge is 2.18. The lowest BCUT2D eigenvalue weighted by molar-refractivity contribution is 0.217. The van der Waals surface area contributed by atoms with Gasteiger partial charge in [0.05, 0.1) is 0 Å². The fraction of sp³-hybridized carbons (Fsp3) is 0.600. The first-order chi connectivity index (χ1) is 8.03. The summed E-state index contributed by atoms with van der Waals surface area (Å²) in [7, 11) is 0. The molecule has 0 saturated carbocycles. The van der Waals surface area contributed by atoms with Crippen LogP contribution in [0, 0.1) is 5.92 Å². The monoisotopic (exact) mass is 235 g/mol. The van der Waals surface area contributed by atoms with E-state index < -0.39 is 5.67 Å². The van der Waals surface area contributed by atoms with Crippen LogP contribution in [-0.2, 0) is 12.8 Å². The summed E-state index contributed by atoms with van der Waals surface area (Å²) < 4.78 is 13.6. The molecule has 0 spiro atoms. The normalized spacial score (nSPS) is 20.8. The van der Waals surface area contributed by atoms with Crippen LogP contribution >= 0.6 is 0 Å². The molecule has 1 aromatic rings. The van der Waals surface area contributed by atoms with Gasteiger partial charge in [-0.1, -0.05) is 24.3 Å². The minimum atomic E-state index is -1.12. The molecule has 1 atom stereocenters. The zero-order valence-electron chi connectivity index (χ0n) is 10.8. The van der Waals surface area contributed by atoms with Crippen molar-refractivity contribution in [3.8, 4) is 0 Å². The molecule has 1 aromatic carbocycles. The molecule has 1 N–H and O–H groups in total. The number of rotatable bonds is 4. The summed E-state index contributed by atoms with van der Waals surface area (Å²) in [5, 5.41) is 3.39. The van der Waals surface area contributed by atoms with Crippen LogP contribution in [0.3, 0.4) is 0 Å². The number of halogens is 1. The van der Waals surface area contributed by atoms with E-state index in [9.17, 15) is 4.39 Å². The average Bonchev–Trinajstić information content (AvgIpc) is 2.68. The van der Waals surface area contributed by atoms with Gasteiger partial charge in [0.2, 0.25) is 0 Å². The lowest BCUT2D eigenvalue weighted by Gasteiger charge is -2.15. The summed E-state index contributed by atoms with van der Waals surface area (Å²) in [4.78, 5) is 0. The molecule has 1 saturated heterocycles. The smallest absolute Gasteiger partial charge is 0.109 e. The van der Waals surface area contributed by atoms with Crippen molar-refractivity contribution in [1.29, 1.82) is 0 Å². The van der Waals surface area contributed by atoms with E-state index in [0.29, 0.717) is 6.42 Å². The second kappa shape index (κ2) is 5.18. The van der Waals surface area contributed by atoms with E-state index in [2.05, 4.69) is 23.5 Å². The quantitative estimate of drug-likeness (QED) is 0.845. The summed E-state index contributed by atoms with van der Waals surface area (Å²) in [6.07, 6.45) is 2.89. The Labute approximate surface area is 103 Å². The molecule has 1 unspecified atom stereocenters. The Morgan fingerprint density at radius 1 is 1.35 bits per heavy atom. The summed E-state index contributed by atoms with van der Waals surface area (Å²) in [6.45, 7) is 5.54. The van der Waals surface area contributed by atoms with Crippen molar-refractivity contribution in [2.75, 3.05) is 13.1 Å². The van der Waals surface area contributed by atoms with E-state index >= 15 is 0 Å². The number of hydrogen-bond donors (Lipinski definition) is 1. The van der Waals surface area contributed by atoms with Crippen LogP contribution in [0.1, 0.15) is 31.4 Å². The average molecular weight is 235 g/mol. The zero-order valence-corrected chi connectivity index (χ0v) is 10.8. The largest absolute Gasteiger partial charge is 0.316 e. The molecule has 1 fully saturated rings. The van der Waals surface area contributed by atoms with Gasteiger partial charge in [0.1, 0.15) is 5.67 Å². The van der Waals surface area contributed by atoms with Gasteiger partial charge in [-0.2, -0.15) is 0 Å². The second-order valence-electron chi connectivity index (χ2n) is 5.78. The van der Waals surface area contributed by atoms with Crippen LogP contribution in [0.25, 0.3) is 0 Å². The van der Waals surface area contributed by atoms with Gasteiger partial charge in [0.15, 0.2) is 0 Å². The molecule has 0 aromatic heterocycles. The van der Waals surface area contributed by atoms with Crippen LogP contribution in [0.4, 0.5) is 4.39 Å². The van der Waals surface area contributed by atoms with Gasteiger partial charge >= 0.3 is 0 Å². The Balaban J connectivity index is 2.00. The van der Waals surface area contributed by atoms with Gasteiger partial charge in [-0.05, 0) is 56.8 Å². The lowest BCUT2D eigenvalue weighted by atomic mass is 9.94. The van der Waals surface area contributed by atoms with Crippen molar-refractivity contribution in [2.24, 2.45) is 5.92 Å². The van der Waals surface area contributed by atoms with E-state index in [1.807, 2.05) is 6.07 Å². The molecular weight excluding hydrogens is 213 g/mol. The van der Waals surface area contributed by atoms with Gasteiger partial charge in [0.25, 0.3) is 0 Å². The predicted molar refractivity (Wildman–Crippen MR) is 70.0 cm³/mol. The zero-order chi connectivity index (χ0) is 12.3. The second-order valence-corrected chi connectivity index (χ2v) is 5.78. The fourth-order valence-electron chi connectivity index (χ4n) is 2.57. The van der Waals surface area contributed by atoms with Crippen molar-refractivity contribution in [3.05, 3.63) is 35.4 Å². The van der Waals surface area contributed by atoms with Crippen molar-refractivity contribution in [2.45, 2.75) is 38.8 Å². The molecule has 1 aliphatic rings. The molecule has 0 amide bonds. The maximum Gasteiger partial charge on any atom is 0.109 e. The topological polar surface area (TPSA) is 12.0 Å². The third-order valence-electron chi connectivity index (χ3n) is 3.30. The summed E-state index contributed by atoms with van der Waals surface area (Å²) in [5.74, 6) is 0.753. The van der Waals surface area contributed by atoms with Crippen molar-refractivity contribution < 1.29 is 4.39 Å². The molecule has 2 rings (SSSR count). The minimum Gasteiger partial charge on any atom is -0.316 e. The highest BCUT2D eigenvalue weighted by atomic mass is 19.1. The number of alkyl halides is 1. The molecule has 0 bridgehead atoms. The first-order valence-electron chi connectivity index (χ1n) is 6.50. The van der Waals surface area contributed by atoms with Gasteiger partial charge in [0, 0.05) is 6.42 Å². The van der Waals surface area contributed by atoms with Gasteiger partial charge in [-0.25, -0.2) is 4.39 Å². The maximum atomic E-state index is 13.6. The molecule has 0 radical (unpaired) electrons. The van der Waals surface area contributed by atoms with E-state index in [0.717, 1.165) is 31.0 Å². The predicted octanol–water partition coefficient (Wildman–Crippen LogP) is 3.13. The summed E-state index contributed by atoms with van der Waals surface area (Å²) in [6, 6.07) is 8.41. The lowest BCUT2D eigenvalue weighted by Crippen LogP contribution is -2.16. The Morgan fingerprint density at radius 3 is 2.76 bits per heavy atom. The molecule has 17 heavy (non-hydrogen) atoms. The van der Waals surface area contributed by atoms with Gasteiger partial charge in [-0.15, -0.1) is 0 Å². The first-order valence-corrected chi connectivity index (χ1v) is 6.50. The number of benzene rings is 1.